The highest BCUT2D eigenvalue weighted by Crippen LogP contribution is 2.40. The summed E-state index contributed by atoms with van der Waals surface area (Å²) >= 11 is 0. The van der Waals surface area contributed by atoms with Gasteiger partial charge in [-0.15, -0.1) is 0 Å². The van der Waals surface area contributed by atoms with E-state index in [1.165, 1.54) is 19.5 Å². The second-order valence-corrected chi connectivity index (χ2v) is 5.61. The molecule has 0 saturated heterocycles. The van der Waals surface area contributed by atoms with Crippen LogP contribution in [0, 0.1) is 5.92 Å². The monoisotopic (exact) mass is 316 g/mol. The molecular formula is C16H20N4O3. The van der Waals surface area contributed by atoms with Crippen LogP contribution in [0.5, 0.6) is 11.5 Å². The fourth-order valence-corrected chi connectivity index (χ4v) is 2.64. The number of amides is 1. The first kappa shape index (κ1) is 15.3. The van der Waals surface area contributed by atoms with Gasteiger partial charge in [-0.25, -0.2) is 9.67 Å². The lowest BCUT2D eigenvalue weighted by Gasteiger charge is -2.18. The third-order valence-electron chi connectivity index (χ3n) is 4.04. The average Bonchev–Trinajstić information content (AvgIpc) is 3.29. The molecule has 1 heterocycles. The molecule has 1 saturated carbocycles. The van der Waals surface area contributed by atoms with Gasteiger partial charge >= 0.3 is 0 Å². The normalized spacial score (nSPS) is 15.2. The van der Waals surface area contributed by atoms with E-state index in [0.717, 1.165) is 18.7 Å². The zero-order chi connectivity index (χ0) is 16.4. The molecule has 122 valence electrons. The molecule has 2 N–H and O–H groups in total. The molecule has 1 amide bonds. The topological polar surface area (TPSA) is 89.3 Å². The summed E-state index contributed by atoms with van der Waals surface area (Å²) in [4.78, 5) is 16.8. The minimum Gasteiger partial charge on any atom is -0.504 e. The first-order valence-electron chi connectivity index (χ1n) is 7.69. The Hall–Kier alpha value is -2.57. The van der Waals surface area contributed by atoms with Crippen molar-refractivity contribution < 1.29 is 14.6 Å². The van der Waals surface area contributed by atoms with E-state index in [-0.39, 0.29) is 17.7 Å². The fraction of sp³-hybridized carbons (Fsp3) is 0.438. The van der Waals surface area contributed by atoms with Crippen LogP contribution in [0.1, 0.15) is 42.0 Å². The van der Waals surface area contributed by atoms with Gasteiger partial charge in [-0.05, 0) is 43.9 Å². The van der Waals surface area contributed by atoms with Gasteiger partial charge in [0.15, 0.2) is 11.5 Å². The quantitative estimate of drug-likeness (QED) is 0.849. The molecule has 1 aromatic carbocycles. The zero-order valence-electron chi connectivity index (χ0n) is 13.2. The third kappa shape index (κ3) is 3.13. The van der Waals surface area contributed by atoms with Crippen LogP contribution in [-0.2, 0) is 6.54 Å². The Kier molecular flexibility index (Phi) is 4.18. The van der Waals surface area contributed by atoms with Gasteiger partial charge in [0.2, 0.25) is 0 Å². The van der Waals surface area contributed by atoms with E-state index < -0.39 is 0 Å². The maximum Gasteiger partial charge on any atom is 0.252 e. The SMILES string of the molecule is CCn1ncnc1C(NC(=O)c1ccc(OC)c(O)c1)C1CC1. The summed E-state index contributed by atoms with van der Waals surface area (Å²) in [6.07, 6.45) is 3.64. The molecule has 23 heavy (non-hydrogen) atoms. The Morgan fingerprint density at radius 3 is 2.91 bits per heavy atom. The molecule has 1 aliphatic rings. The average molecular weight is 316 g/mol. The predicted octanol–water partition coefficient (Wildman–Crippen LogP) is 1.89. The van der Waals surface area contributed by atoms with Gasteiger partial charge in [0.25, 0.3) is 5.91 Å². The molecule has 0 spiro atoms. The smallest absolute Gasteiger partial charge is 0.252 e. The van der Waals surface area contributed by atoms with Crippen molar-refractivity contribution in [2.45, 2.75) is 32.4 Å². The molecule has 0 aliphatic heterocycles. The Balaban J connectivity index is 1.80. The van der Waals surface area contributed by atoms with Gasteiger partial charge in [-0.2, -0.15) is 5.10 Å². The summed E-state index contributed by atoms with van der Waals surface area (Å²) in [5.74, 6) is 1.21. The van der Waals surface area contributed by atoms with Crippen LogP contribution in [0.15, 0.2) is 24.5 Å². The number of hydrogen-bond acceptors (Lipinski definition) is 5. The highest BCUT2D eigenvalue weighted by atomic mass is 16.5. The van der Waals surface area contributed by atoms with Crippen LogP contribution >= 0.6 is 0 Å². The molecule has 1 aliphatic carbocycles. The Morgan fingerprint density at radius 1 is 1.52 bits per heavy atom. The minimum absolute atomic E-state index is 0.0557. The van der Waals surface area contributed by atoms with Crippen LogP contribution in [0.2, 0.25) is 0 Å². The van der Waals surface area contributed by atoms with E-state index in [0.29, 0.717) is 23.8 Å². The lowest BCUT2D eigenvalue weighted by Crippen LogP contribution is -2.32. The van der Waals surface area contributed by atoms with Crippen molar-refractivity contribution in [1.29, 1.82) is 0 Å². The lowest BCUT2D eigenvalue weighted by atomic mass is 10.1. The highest BCUT2D eigenvalue weighted by molar-refractivity contribution is 5.95. The molecule has 7 heteroatoms. The Labute approximate surface area is 134 Å². The Bertz CT molecular complexity index is 709. The standard InChI is InChI=1S/C16H20N4O3/c1-3-20-15(17-9-18-20)14(10-4-5-10)19-16(22)11-6-7-13(23-2)12(21)8-11/h6-10,14,21H,3-5H2,1-2H3,(H,19,22). The van der Waals surface area contributed by atoms with Crippen molar-refractivity contribution in [3.63, 3.8) is 0 Å². The molecule has 1 aromatic heterocycles. The number of nitrogens with zero attached hydrogens (tertiary/aromatic N) is 3. The van der Waals surface area contributed by atoms with Crippen LogP contribution in [0.25, 0.3) is 0 Å². The van der Waals surface area contributed by atoms with Crippen LogP contribution in [0.4, 0.5) is 0 Å². The molecule has 0 bridgehead atoms. The maximum absolute atomic E-state index is 12.5. The number of carbonyl (C=O) groups is 1. The van der Waals surface area contributed by atoms with Crippen molar-refractivity contribution in [1.82, 2.24) is 20.1 Å². The first-order chi connectivity index (χ1) is 11.1. The number of carbonyl (C=O) groups excluding carboxylic acids is 1. The highest BCUT2D eigenvalue weighted by Gasteiger charge is 2.36. The summed E-state index contributed by atoms with van der Waals surface area (Å²) < 4.78 is 6.80. The second kappa shape index (κ2) is 6.28. The third-order valence-corrected chi connectivity index (χ3v) is 4.04. The van der Waals surface area contributed by atoms with Gasteiger partial charge < -0.3 is 15.2 Å². The van der Waals surface area contributed by atoms with Gasteiger partial charge in [0.1, 0.15) is 12.2 Å². The van der Waals surface area contributed by atoms with Crippen LogP contribution < -0.4 is 10.1 Å². The second-order valence-electron chi connectivity index (χ2n) is 5.61. The van der Waals surface area contributed by atoms with Gasteiger partial charge in [-0.3, -0.25) is 4.79 Å². The van der Waals surface area contributed by atoms with Crippen LogP contribution in [-0.4, -0.2) is 32.9 Å². The fourth-order valence-electron chi connectivity index (χ4n) is 2.64. The van der Waals surface area contributed by atoms with E-state index in [9.17, 15) is 9.90 Å². The predicted molar refractivity (Wildman–Crippen MR) is 83.3 cm³/mol. The number of benzene rings is 1. The van der Waals surface area contributed by atoms with E-state index in [1.807, 2.05) is 6.92 Å². The number of rotatable bonds is 6. The molecule has 3 rings (SSSR count). The number of phenols is 1. The molecule has 7 nitrogen and oxygen atoms in total. The van der Waals surface area contributed by atoms with Crippen LogP contribution in [0.3, 0.4) is 0 Å². The van der Waals surface area contributed by atoms with E-state index in [4.69, 9.17) is 4.74 Å². The summed E-state index contributed by atoms with van der Waals surface area (Å²) in [6.45, 7) is 2.70. The largest absolute Gasteiger partial charge is 0.504 e. The number of ether oxygens (including phenoxy) is 1. The molecule has 0 radical (unpaired) electrons. The van der Waals surface area contributed by atoms with Gasteiger partial charge in [0.05, 0.1) is 13.2 Å². The number of nitrogens with one attached hydrogen (secondary N) is 1. The summed E-state index contributed by atoms with van der Waals surface area (Å²) in [5, 5.41) is 17.0. The molecule has 1 atom stereocenters. The van der Waals surface area contributed by atoms with Crippen molar-refractivity contribution in [2.75, 3.05) is 7.11 Å². The number of phenolic OH excluding ortho intramolecular Hbond substituents is 1. The van der Waals surface area contributed by atoms with Gasteiger partial charge in [-0.1, -0.05) is 0 Å². The number of aromatic hydroxyl groups is 1. The summed E-state index contributed by atoms with van der Waals surface area (Å²) in [7, 11) is 1.47. The molecule has 1 unspecified atom stereocenters. The number of hydrogen-bond donors (Lipinski definition) is 2. The van der Waals surface area contributed by atoms with E-state index in [1.54, 1.807) is 16.8 Å². The maximum atomic E-state index is 12.5. The summed E-state index contributed by atoms with van der Waals surface area (Å²) in [5.41, 5.74) is 0.386. The first-order valence-corrected chi connectivity index (χ1v) is 7.69. The number of methoxy groups -OCH3 is 1. The van der Waals surface area contributed by atoms with E-state index >= 15 is 0 Å². The Morgan fingerprint density at radius 2 is 2.30 bits per heavy atom. The molecule has 2 aromatic rings. The van der Waals surface area contributed by atoms with Gasteiger partial charge in [0, 0.05) is 12.1 Å². The van der Waals surface area contributed by atoms with Crippen molar-refractivity contribution in [3.8, 4) is 11.5 Å². The van der Waals surface area contributed by atoms with E-state index in [2.05, 4.69) is 15.4 Å². The van der Waals surface area contributed by atoms with Crippen molar-refractivity contribution in [2.24, 2.45) is 5.92 Å². The van der Waals surface area contributed by atoms with Crippen molar-refractivity contribution in [3.05, 3.63) is 35.9 Å². The lowest BCUT2D eigenvalue weighted by molar-refractivity contribution is 0.0928. The number of aromatic nitrogens is 3. The molecule has 1 fully saturated rings. The van der Waals surface area contributed by atoms with Crippen molar-refractivity contribution >= 4 is 5.91 Å². The zero-order valence-corrected chi connectivity index (χ0v) is 13.2. The number of aryl methyl sites for hydroxylation is 1. The minimum atomic E-state index is -0.245. The molecular weight excluding hydrogens is 296 g/mol. The summed E-state index contributed by atoms with van der Waals surface area (Å²) in [6, 6.07) is 4.45.